The van der Waals surface area contributed by atoms with Gasteiger partial charge in [0.05, 0.1) is 17.1 Å². The molecule has 0 bridgehead atoms. The van der Waals surface area contributed by atoms with Crippen molar-refractivity contribution in [1.82, 2.24) is 21.0 Å². The molecule has 13 heteroatoms. The summed E-state index contributed by atoms with van der Waals surface area (Å²) < 4.78 is 43.5. The number of anilines is 1. The molecular weight excluding hydrogens is 487 g/mol. The van der Waals surface area contributed by atoms with Gasteiger partial charge in [-0.1, -0.05) is 28.9 Å². The summed E-state index contributed by atoms with van der Waals surface area (Å²) in [6, 6.07) is 11.5. The lowest BCUT2D eigenvalue weighted by Gasteiger charge is -2.11. The Morgan fingerprint density at radius 1 is 1.16 bits per heavy atom. The smallest absolute Gasteiger partial charge is 0.334 e. The zero-order chi connectivity index (χ0) is 23.1. The molecule has 3 rings (SSSR count). The van der Waals surface area contributed by atoms with Crippen molar-refractivity contribution >= 4 is 52.3 Å². The molecule has 0 fully saturated rings. The van der Waals surface area contributed by atoms with Crippen LogP contribution < -0.4 is 16.2 Å². The zero-order valence-electron chi connectivity index (χ0n) is 16.1. The van der Waals surface area contributed by atoms with Crippen LogP contribution in [0.25, 0.3) is 11.5 Å². The Balaban J connectivity index is 1.42. The second-order valence-electron chi connectivity index (χ2n) is 6.22. The number of carbonyl (C=O) groups is 1. The van der Waals surface area contributed by atoms with Gasteiger partial charge < -0.3 is 9.84 Å². The number of rotatable bonds is 6. The van der Waals surface area contributed by atoms with E-state index < -0.39 is 11.7 Å². The minimum absolute atomic E-state index is 0.0322. The lowest BCUT2D eigenvalue weighted by molar-refractivity contribution is -0.137. The first kappa shape index (κ1) is 23.8. The third-order valence-corrected chi connectivity index (χ3v) is 5.14. The molecule has 3 aromatic rings. The van der Waals surface area contributed by atoms with Crippen LogP contribution >= 0.6 is 35.6 Å². The molecule has 0 unspecified atom stereocenters. The highest BCUT2D eigenvalue weighted by molar-refractivity contribution is 7.99. The Morgan fingerprint density at radius 3 is 2.69 bits per heavy atom. The summed E-state index contributed by atoms with van der Waals surface area (Å²) in [5, 5.41) is 7.31. The molecule has 0 spiro atoms. The van der Waals surface area contributed by atoms with Gasteiger partial charge in [0.1, 0.15) is 0 Å². The molecule has 0 aliphatic carbocycles. The Bertz CT molecular complexity index is 1110. The van der Waals surface area contributed by atoms with Crippen molar-refractivity contribution in [3.05, 3.63) is 64.9 Å². The number of benzene rings is 2. The summed E-state index contributed by atoms with van der Waals surface area (Å²) in [5.41, 5.74) is 5.01. The zero-order valence-corrected chi connectivity index (χ0v) is 18.5. The lowest BCUT2D eigenvalue weighted by atomic mass is 10.1. The van der Waals surface area contributed by atoms with Crippen molar-refractivity contribution in [2.45, 2.75) is 11.9 Å². The van der Waals surface area contributed by atoms with Crippen molar-refractivity contribution in [2.75, 3.05) is 11.1 Å². The van der Waals surface area contributed by atoms with E-state index in [0.29, 0.717) is 10.7 Å². The van der Waals surface area contributed by atoms with Crippen LogP contribution in [0.3, 0.4) is 0 Å². The number of nitrogens with one attached hydrogen (secondary N) is 3. The fourth-order valence-corrected chi connectivity index (χ4v) is 3.40. The first-order chi connectivity index (χ1) is 15.2. The molecule has 7 nitrogen and oxygen atoms in total. The molecule has 0 aliphatic rings. The molecule has 0 aliphatic heterocycles. The topological polar surface area (TPSA) is 92.1 Å². The molecular formula is C19H15ClF3N5O2S2. The molecule has 168 valence electrons. The number of hydrogen-bond donors (Lipinski definition) is 3. The van der Waals surface area contributed by atoms with Crippen molar-refractivity contribution in [3.8, 4) is 11.5 Å². The van der Waals surface area contributed by atoms with Gasteiger partial charge in [-0.3, -0.25) is 15.6 Å². The van der Waals surface area contributed by atoms with Gasteiger partial charge in [-0.25, -0.2) is 0 Å². The predicted octanol–water partition coefficient (Wildman–Crippen LogP) is 4.66. The number of thiocarbonyl (C=S) groups is 1. The number of nitrogens with zero attached hydrogens (tertiary/aromatic N) is 2. The number of carbonyl (C=O) groups excluding carboxylic acids is 1. The van der Waals surface area contributed by atoms with Crippen LogP contribution in [-0.2, 0) is 16.7 Å². The molecule has 0 atom stereocenters. The van der Waals surface area contributed by atoms with E-state index in [2.05, 4.69) is 26.3 Å². The normalized spacial score (nSPS) is 11.1. The first-order valence-electron chi connectivity index (χ1n) is 8.90. The Kier molecular flexibility index (Phi) is 7.94. The highest BCUT2D eigenvalue weighted by atomic mass is 35.5. The molecule has 1 aromatic heterocycles. The molecule has 0 saturated carbocycles. The van der Waals surface area contributed by atoms with Gasteiger partial charge in [-0.15, -0.1) is 11.8 Å². The summed E-state index contributed by atoms with van der Waals surface area (Å²) in [6.07, 6.45) is -4.47. The third kappa shape index (κ3) is 7.11. The van der Waals surface area contributed by atoms with Crippen molar-refractivity contribution in [1.29, 1.82) is 0 Å². The van der Waals surface area contributed by atoms with E-state index in [1.165, 1.54) is 23.9 Å². The van der Waals surface area contributed by atoms with Crippen molar-refractivity contribution in [2.24, 2.45) is 0 Å². The summed E-state index contributed by atoms with van der Waals surface area (Å²) in [5.74, 6) is 0.143. The predicted molar refractivity (Wildman–Crippen MR) is 120 cm³/mol. The van der Waals surface area contributed by atoms with Gasteiger partial charge in [-0.05, 0) is 48.6 Å². The van der Waals surface area contributed by atoms with Gasteiger partial charge in [0.2, 0.25) is 5.91 Å². The monoisotopic (exact) mass is 501 g/mol. The maximum Gasteiger partial charge on any atom is 0.416 e. The number of halogens is 4. The van der Waals surface area contributed by atoms with Crippen LogP contribution in [0.5, 0.6) is 0 Å². The fraction of sp³-hybridized carbons (Fsp3) is 0.158. The first-order valence-corrected chi connectivity index (χ1v) is 10.8. The molecule has 32 heavy (non-hydrogen) atoms. The Labute approximate surface area is 195 Å². The van der Waals surface area contributed by atoms with Crippen LogP contribution in [-0.4, -0.2) is 26.9 Å². The Morgan fingerprint density at radius 2 is 1.94 bits per heavy atom. The maximum atomic E-state index is 12.8. The Hall–Kier alpha value is -2.83. The molecule has 1 heterocycles. The third-order valence-electron chi connectivity index (χ3n) is 3.77. The minimum Gasteiger partial charge on any atom is -0.334 e. The largest absolute Gasteiger partial charge is 0.416 e. The van der Waals surface area contributed by atoms with Crippen LogP contribution in [0.1, 0.15) is 11.4 Å². The molecule has 0 saturated heterocycles. The molecule has 2 aromatic carbocycles. The number of alkyl halides is 3. The summed E-state index contributed by atoms with van der Waals surface area (Å²) in [6.45, 7) is 0. The van der Waals surface area contributed by atoms with Gasteiger partial charge >= 0.3 is 6.18 Å². The molecule has 0 radical (unpaired) electrons. The second-order valence-corrected chi connectivity index (χ2v) is 8.06. The average molecular weight is 502 g/mol. The van der Waals surface area contributed by atoms with E-state index in [1.807, 2.05) is 0 Å². The van der Waals surface area contributed by atoms with E-state index in [4.69, 9.17) is 28.3 Å². The van der Waals surface area contributed by atoms with Gasteiger partial charge in [-0.2, -0.15) is 18.2 Å². The summed E-state index contributed by atoms with van der Waals surface area (Å²) >= 11 is 12.2. The average Bonchev–Trinajstić information content (AvgIpc) is 3.21. The highest BCUT2D eigenvalue weighted by Gasteiger charge is 2.30. The van der Waals surface area contributed by atoms with Gasteiger partial charge in [0.25, 0.3) is 5.89 Å². The fourth-order valence-electron chi connectivity index (χ4n) is 2.38. The van der Waals surface area contributed by atoms with E-state index in [-0.39, 0.29) is 39.8 Å². The van der Waals surface area contributed by atoms with E-state index >= 15 is 0 Å². The van der Waals surface area contributed by atoms with Crippen LogP contribution in [0, 0.1) is 0 Å². The highest BCUT2D eigenvalue weighted by Crippen LogP contribution is 2.31. The van der Waals surface area contributed by atoms with E-state index in [9.17, 15) is 18.0 Å². The van der Waals surface area contributed by atoms with Crippen molar-refractivity contribution in [3.63, 3.8) is 0 Å². The number of aromatic nitrogens is 2. The lowest BCUT2D eigenvalue weighted by Crippen LogP contribution is -2.44. The van der Waals surface area contributed by atoms with Crippen molar-refractivity contribution < 1.29 is 22.5 Å². The summed E-state index contributed by atoms with van der Waals surface area (Å²) in [7, 11) is 0. The minimum atomic E-state index is -4.47. The van der Waals surface area contributed by atoms with E-state index in [1.54, 1.807) is 24.3 Å². The second kappa shape index (κ2) is 10.7. The van der Waals surface area contributed by atoms with Gasteiger partial charge in [0.15, 0.2) is 10.9 Å². The maximum absolute atomic E-state index is 12.8. The van der Waals surface area contributed by atoms with E-state index in [0.717, 1.165) is 12.1 Å². The number of amides is 1. The standard InChI is InChI=1S/C19H15ClF3N5O2S2/c20-13-5-2-6-14(8-13)24-18(31)27-26-16(29)10-32-9-15-25-17(30-28-15)11-3-1-4-12(7-11)19(21,22)23/h1-8H,9-10H2,(H,26,29)(H2,24,27,31). The summed E-state index contributed by atoms with van der Waals surface area (Å²) in [4.78, 5) is 16.0. The number of thioether (sulfide) groups is 1. The number of hydrazine groups is 1. The van der Waals surface area contributed by atoms with Gasteiger partial charge in [0, 0.05) is 16.3 Å². The van der Waals surface area contributed by atoms with Crippen LogP contribution in [0.2, 0.25) is 5.02 Å². The van der Waals surface area contributed by atoms with Crippen LogP contribution in [0.4, 0.5) is 18.9 Å². The molecule has 3 N–H and O–H groups in total. The van der Waals surface area contributed by atoms with Crippen LogP contribution in [0.15, 0.2) is 53.1 Å². The molecule has 1 amide bonds. The SMILES string of the molecule is O=C(CSCc1noc(-c2cccc(C(F)(F)F)c2)n1)NNC(=S)Nc1cccc(Cl)c1. The quantitative estimate of drug-likeness (QED) is 0.332. The number of hydrogen-bond acceptors (Lipinski definition) is 6.